The molecule has 6 nitrogen and oxygen atoms in total. The van der Waals surface area contributed by atoms with Gasteiger partial charge in [0.05, 0.1) is 12.0 Å². The van der Waals surface area contributed by atoms with Gasteiger partial charge in [0.2, 0.25) is 0 Å². The van der Waals surface area contributed by atoms with Gasteiger partial charge in [0.25, 0.3) is 0 Å². The lowest BCUT2D eigenvalue weighted by atomic mass is 10.5. The van der Waals surface area contributed by atoms with E-state index in [0.717, 1.165) is 40.2 Å². The maximum absolute atomic E-state index is 9.35. The zero-order chi connectivity index (χ0) is 14.9. The Kier molecular flexibility index (Phi) is 3.73. The molecular weight excluding hydrogens is 320 g/mol. The van der Waals surface area contributed by atoms with Gasteiger partial charge in [0, 0.05) is 17.2 Å². The van der Waals surface area contributed by atoms with Crippen LogP contribution in [0.5, 0.6) is 0 Å². The van der Waals surface area contributed by atoms with Crippen molar-refractivity contribution in [1.29, 1.82) is 0 Å². The number of aliphatic hydroxyl groups is 1. The van der Waals surface area contributed by atoms with E-state index in [2.05, 4.69) is 19.7 Å². The molecule has 114 valence electrons. The van der Waals surface area contributed by atoms with Gasteiger partial charge in [-0.2, -0.15) is 0 Å². The van der Waals surface area contributed by atoms with E-state index in [0.29, 0.717) is 11.9 Å². The summed E-state index contributed by atoms with van der Waals surface area (Å²) in [7, 11) is 0. The fourth-order valence-electron chi connectivity index (χ4n) is 2.24. The van der Waals surface area contributed by atoms with Crippen LogP contribution >= 0.6 is 23.1 Å². The Bertz CT molecular complexity index is 762. The van der Waals surface area contributed by atoms with E-state index < -0.39 is 0 Å². The first-order valence-electron chi connectivity index (χ1n) is 7.01. The van der Waals surface area contributed by atoms with Crippen LogP contribution in [0, 0.1) is 0 Å². The molecule has 8 heteroatoms. The van der Waals surface area contributed by atoms with E-state index in [1.54, 1.807) is 29.4 Å². The Labute approximate surface area is 135 Å². The summed E-state index contributed by atoms with van der Waals surface area (Å²) in [6, 6.07) is 4.22. The number of hydrogen-bond acceptors (Lipinski definition) is 7. The first kappa shape index (κ1) is 14.0. The lowest BCUT2D eigenvalue weighted by Crippen LogP contribution is -2.02. The first-order valence-corrected chi connectivity index (χ1v) is 8.87. The van der Waals surface area contributed by atoms with Crippen LogP contribution in [-0.4, -0.2) is 24.9 Å². The predicted octanol–water partition coefficient (Wildman–Crippen LogP) is 3.11. The molecule has 1 aliphatic carbocycles. The first-order chi connectivity index (χ1) is 10.8. The minimum absolute atomic E-state index is 0.0661. The molecule has 3 aromatic rings. The van der Waals surface area contributed by atoms with E-state index in [1.165, 1.54) is 0 Å². The maximum Gasteiger partial charge on any atom is 0.191 e. The minimum Gasteiger partial charge on any atom is -0.462 e. The van der Waals surface area contributed by atoms with E-state index in [4.69, 9.17) is 4.42 Å². The van der Waals surface area contributed by atoms with Crippen LogP contribution in [0.25, 0.3) is 10.8 Å². The monoisotopic (exact) mass is 334 g/mol. The Morgan fingerprint density at radius 2 is 2.32 bits per heavy atom. The number of thiazole rings is 1. The third-order valence-electron chi connectivity index (χ3n) is 3.42. The summed E-state index contributed by atoms with van der Waals surface area (Å²) in [5.41, 5.74) is 0.997. The van der Waals surface area contributed by atoms with Crippen molar-refractivity contribution >= 4 is 23.1 Å². The molecule has 1 saturated carbocycles. The van der Waals surface area contributed by atoms with E-state index in [9.17, 15) is 5.11 Å². The topological polar surface area (TPSA) is 77.0 Å². The molecule has 0 aromatic carbocycles. The van der Waals surface area contributed by atoms with Crippen molar-refractivity contribution in [3.05, 3.63) is 35.3 Å². The summed E-state index contributed by atoms with van der Waals surface area (Å²) < 4.78 is 7.42. The number of furan rings is 1. The Morgan fingerprint density at radius 1 is 1.41 bits per heavy atom. The van der Waals surface area contributed by atoms with Crippen molar-refractivity contribution in [2.24, 2.45) is 0 Å². The fraction of sp³-hybridized carbons (Fsp3) is 0.357. The van der Waals surface area contributed by atoms with Crippen LogP contribution < -0.4 is 0 Å². The average molecular weight is 334 g/mol. The third-order valence-corrected chi connectivity index (χ3v) is 5.30. The highest BCUT2D eigenvalue weighted by atomic mass is 32.2. The quantitative estimate of drug-likeness (QED) is 0.698. The molecule has 0 unspecified atom stereocenters. The van der Waals surface area contributed by atoms with Gasteiger partial charge < -0.3 is 14.1 Å². The normalized spacial score (nSPS) is 14.6. The number of nitrogens with zero attached hydrogens (tertiary/aromatic N) is 4. The summed E-state index contributed by atoms with van der Waals surface area (Å²) in [4.78, 5) is 4.58. The Hall–Kier alpha value is -1.64. The molecule has 22 heavy (non-hydrogen) atoms. The zero-order valence-corrected chi connectivity index (χ0v) is 13.3. The maximum atomic E-state index is 9.35. The van der Waals surface area contributed by atoms with Gasteiger partial charge in [0.15, 0.2) is 21.7 Å². The molecule has 3 aromatic heterocycles. The molecule has 1 aliphatic rings. The van der Waals surface area contributed by atoms with Gasteiger partial charge in [-0.05, 0) is 25.0 Å². The van der Waals surface area contributed by atoms with E-state index >= 15 is 0 Å². The van der Waals surface area contributed by atoms with Crippen molar-refractivity contribution in [1.82, 2.24) is 19.7 Å². The molecule has 0 bridgehead atoms. The van der Waals surface area contributed by atoms with Crippen LogP contribution in [0.3, 0.4) is 0 Å². The van der Waals surface area contributed by atoms with Crippen LogP contribution in [0.2, 0.25) is 0 Å². The molecule has 0 spiro atoms. The van der Waals surface area contributed by atoms with Crippen LogP contribution in [-0.2, 0) is 12.4 Å². The Balaban J connectivity index is 1.48. The minimum atomic E-state index is -0.0661. The second-order valence-electron chi connectivity index (χ2n) is 5.07. The molecule has 4 rings (SSSR count). The molecule has 0 amide bonds. The number of thioether (sulfide) groups is 1. The Morgan fingerprint density at radius 3 is 3.05 bits per heavy atom. The van der Waals surface area contributed by atoms with Gasteiger partial charge in [0.1, 0.15) is 6.61 Å². The van der Waals surface area contributed by atoms with Crippen molar-refractivity contribution in [2.45, 2.75) is 36.4 Å². The van der Waals surface area contributed by atoms with Crippen LogP contribution in [0.1, 0.15) is 30.4 Å². The highest BCUT2D eigenvalue weighted by molar-refractivity contribution is 7.98. The van der Waals surface area contributed by atoms with Gasteiger partial charge in [-0.15, -0.1) is 21.5 Å². The molecular formula is C14H14N4O2S2. The van der Waals surface area contributed by atoms with Gasteiger partial charge in [-0.25, -0.2) is 4.98 Å². The summed E-state index contributed by atoms with van der Waals surface area (Å²) in [5, 5.41) is 21.4. The summed E-state index contributed by atoms with van der Waals surface area (Å²) in [6.07, 6.45) is 3.93. The van der Waals surface area contributed by atoms with E-state index in [1.807, 2.05) is 17.5 Å². The highest BCUT2D eigenvalue weighted by Gasteiger charge is 2.29. The van der Waals surface area contributed by atoms with Crippen molar-refractivity contribution in [3.8, 4) is 10.8 Å². The third kappa shape index (κ3) is 2.69. The molecule has 3 heterocycles. The summed E-state index contributed by atoms with van der Waals surface area (Å²) in [6.45, 7) is -0.0661. The second-order valence-corrected chi connectivity index (χ2v) is 6.87. The number of hydrogen-bond donors (Lipinski definition) is 1. The standard InChI is InChI=1S/C14H14N4O2S2/c19-6-12-16-17-14(18(12)10-3-4-10)22-8-9-7-21-13(15-9)11-2-1-5-20-11/h1-2,5,7,10,19H,3-4,6,8H2. The average Bonchev–Trinajstić information content (AvgIpc) is 3.01. The molecule has 0 aliphatic heterocycles. The van der Waals surface area contributed by atoms with Gasteiger partial charge in [-0.3, -0.25) is 0 Å². The molecule has 0 atom stereocenters. The molecule has 1 N–H and O–H groups in total. The largest absolute Gasteiger partial charge is 0.462 e. The van der Waals surface area contributed by atoms with E-state index in [-0.39, 0.29) is 6.61 Å². The predicted molar refractivity (Wildman–Crippen MR) is 83.6 cm³/mol. The van der Waals surface area contributed by atoms with Crippen molar-refractivity contribution in [2.75, 3.05) is 0 Å². The summed E-state index contributed by atoms with van der Waals surface area (Å²) >= 11 is 3.18. The number of aliphatic hydroxyl groups excluding tert-OH is 1. The molecule has 1 fully saturated rings. The van der Waals surface area contributed by atoms with Crippen LogP contribution in [0.4, 0.5) is 0 Å². The molecule has 0 radical (unpaired) electrons. The van der Waals surface area contributed by atoms with Crippen molar-refractivity contribution < 1.29 is 9.52 Å². The van der Waals surface area contributed by atoms with Gasteiger partial charge >= 0.3 is 0 Å². The lowest BCUT2D eigenvalue weighted by molar-refractivity contribution is 0.263. The lowest BCUT2D eigenvalue weighted by Gasteiger charge is -2.06. The number of aromatic nitrogens is 4. The number of rotatable bonds is 6. The van der Waals surface area contributed by atoms with Crippen molar-refractivity contribution in [3.63, 3.8) is 0 Å². The SMILES string of the molecule is OCc1nnc(SCc2csc(-c3ccco3)n2)n1C1CC1. The smallest absolute Gasteiger partial charge is 0.191 e. The highest BCUT2D eigenvalue weighted by Crippen LogP contribution is 2.39. The zero-order valence-electron chi connectivity index (χ0n) is 11.7. The summed E-state index contributed by atoms with van der Waals surface area (Å²) in [5.74, 6) is 2.18. The van der Waals surface area contributed by atoms with Gasteiger partial charge in [-0.1, -0.05) is 11.8 Å². The van der Waals surface area contributed by atoms with Crippen LogP contribution in [0.15, 0.2) is 33.3 Å². The fourth-order valence-corrected chi connectivity index (χ4v) is 4.05. The molecule has 0 saturated heterocycles. The second kappa shape index (κ2) is 5.86.